The molecule has 1 rings (SSSR count). The highest BCUT2D eigenvalue weighted by Gasteiger charge is 2.23. The van der Waals surface area contributed by atoms with Gasteiger partial charge in [-0.05, 0) is 0 Å². The minimum Gasteiger partial charge on any atom is -0.391 e. The Hall–Kier alpha value is -1.18. The standard InChI is InChI=1S/C5H14NO.C4H6N2O3/c1-6(2,3)4-5-7;7-2-1-3(8)5-6-4(2)9/h7H,4-5H2,1-3H3;2,7H,1H2,(H,5,8)(H,6,9)/q+1;. The van der Waals surface area contributed by atoms with E-state index in [2.05, 4.69) is 26.6 Å². The Labute approximate surface area is 94.6 Å². The number of carbonyl (C=O) groups excluding carboxylic acids is 2. The van der Waals surface area contributed by atoms with Gasteiger partial charge in [-0.1, -0.05) is 0 Å². The second-order valence-corrected chi connectivity index (χ2v) is 4.49. The molecule has 7 nitrogen and oxygen atoms in total. The van der Waals surface area contributed by atoms with Crippen LogP contribution in [0.3, 0.4) is 0 Å². The van der Waals surface area contributed by atoms with Gasteiger partial charge < -0.3 is 14.7 Å². The van der Waals surface area contributed by atoms with Crippen LogP contribution < -0.4 is 10.9 Å². The predicted molar refractivity (Wildman–Crippen MR) is 56.9 cm³/mol. The van der Waals surface area contributed by atoms with Gasteiger partial charge in [0.2, 0.25) is 5.91 Å². The highest BCUT2D eigenvalue weighted by atomic mass is 16.3. The Kier molecular flexibility index (Phi) is 5.94. The third-order valence-electron chi connectivity index (χ3n) is 1.78. The van der Waals surface area contributed by atoms with Crippen molar-refractivity contribution in [2.75, 3.05) is 34.3 Å². The van der Waals surface area contributed by atoms with Crippen LogP contribution in [0.1, 0.15) is 6.42 Å². The highest BCUT2D eigenvalue weighted by Crippen LogP contribution is 1.94. The number of rotatable bonds is 2. The number of hydrazine groups is 1. The molecule has 0 spiro atoms. The van der Waals surface area contributed by atoms with E-state index in [-0.39, 0.29) is 18.9 Å². The summed E-state index contributed by atoms with van der Waals surface area (Å²) in [6.45, 7) is 1.11. The van der Waals surface area contributed by atoms with Crippen LogP contribution in [0, 0.1) is 0 Å². The molecule has 0 radical (unpaired) electrons. The summed E-state index contributed by atoms with van der Waals surface area (Å²) in [5.41, 5.74) is 4.06. The third-order valence-corrected chi connectivity index (χ3v) is 1.78. The van der Waals surface area contributed by atoms with E-state index in [1.807, 2.05) is 5.43 Å². The summed E-state index contributed by atoms with van der Waals surface area (Å²) in [6.07, 6.45) is -1.33. The van der Waals surface area contributed by atoms with E-state index in [9.17, 15) is 9.59 Å². The molecule has 2 amide bonds. The largest absolute Gasteiger partial charge is 0.391 e. The molecule has 4 N–H and O–H groups in total. The summed E-state index contributed by atoms with van der Waals surface area (Å²) < 4.78 is 0.844. The number of aliphatic hydroxyl groups excluding tert-OH is 2. The molecule has 1 heterocycles. The molecule has 0 saturated carbocycles. The molecule has 1 fully saturated rings. The second kappa shape index (κ2) is 6.41. The Balaban J connectivity index is 0.000000293. The molecule has 1 aliphatic rings. The lowest BCUT2D eigenvalue weighted by molar-refractivity contribution is -0.870. The van der Waals surface area contributed by atoms with Crippen LogP contribution in [0.5, 0.6) is 0 Å². The lowest BCUT2D eigenvalue weighted by atomic mass is 10.2. The van der Waals surface area contributed by atoms with Gasteiger partial charge in [0, 0.05) is 0 Å². The summed E-state index contributed by atoms with van der Waals surface area (Å²) >= 11 is 0. The molecular weight excluding hydrogens is 214 g/mol. The first-order valence-electron chi connectivity index (χ1n) is 4.94. The molecule has 1 atom stereocenters. The number of carbonyl (C=O) groups is 2. The number of nitrogens with one attached hydrogen (secondary N) is 2. The smallest absolute Gasteiger partial charge is 0.267 e. The molecule has 0 bridgehead atoms. The van der Waals surface area contributed by atoms with Crippen molar-refractivity contribution in [3.05, 3.63) is 0 Å². The fourth-order valence-corrected chi connectivity index (χ4v) is 0.834. The van der Waals surface area contributed by atoms with E-state index >= 15 is 0 Å². The Bertz CT molecular complexity index is 250. The van der Waals surface area contributed by atoms with Gasteiger partial charge >= 0.3 is 0 Å². The van der Waals surface area contributed by atoms with Crippen molar-refractivity contribution in [1.82, 2.24) is 10.9 Å². The van der Waals surface area contributed by atoms with Crippen molar-refractivity contribution in [2.45, 2.75) is 12.5 Å². The van der Waals surface area contributed by atoms with Crippen LogP contribution in [0.2, 0.25) is 0 Å². The maximum atomic E-state index is 10.4. The van der Waals surface area contributed by atoms with Gasteiger partial charge in [0.1, 0.15) is 12.6 Å². The number of hydrogen-bond acceptors (Lipinski definition) is 4. The minimum absolute atomic E-state index is 0.147. The molecular formula is C9H20N3O4+. The van der Waals surface area contributed by atoms with Crippen molar-refractivity contribution in [3.63, 3.8) is 0 Å². The van der Waals surface area contributed by atoms with Gasteiger partial charge in [0.15, 0.2) is 0 Å². The van der Waals surface area contributed by atoms with Crippen molar-refractivity contribution >= 4 is 11.8 Å². The lowest BCUT2D eigenvalue weighted by Crippen LogP contribution is -2.53. The number of hydrogen-bond donors (Lipinski definition) is 4. The van der Waals surface area contributed by atoms with E-state index in [1.54, 1.807) is 0 Å². The zero-order valence-corrected chi connectivity index (χ0v) is 9.86. The first-order chi connectivity index (χ1) is 7.26. The Morgan fingerprint density at radius 1 is 1.31 bits per heavy atom. The normalized spacial score (nSPS) is 20.4. The van der Waals surface area contributed by atoms with E-state index in [0.29, 0.717) is 0 Å². The van der Waals surface area contributed by atoms with Gasteiger partial charge in [0.25, 0.3) is 5.91 Å². The van der Waals surface area contributed by atoms with E-state index in [0.717, 1.165) is 11.0 Å². The molecule has 94 valence electrons. The van der Waals surface area contributed by atoms with Gasteiger partial charge in [0.05, 0.1) is 34.2 Å². The summed E-state index contributed by atoms with van der Waals surface area (Å²) in [5.74, 6) is -0.934. The molecule has 0 aromatic heterocycles. The lowest BCUT2D eigenvalue weighted by Gasteiger charge is -2.21. The first kappa shape index (κ1) is 14.8. The number of likely N-dealkylation sites (N-methyl/N-ethyl adjacent to an activating group) is 1. The number of nitrogens with zero attached hydrogens (tertiary/aromatic N) is 1. The van der Waals surface area contributed by atoms with E-state index in [1.165, 1.54) is 0 Å². The Morgan fingerprint density at radius 2 is 1.88 bits per heavy atom. The molecule has 1 unspecified atom stereocenters. The zero-order chi connectivity index (χ0) is 12.8. The van der Waals surface area contributed by atoms with Crippen LogP contribution in [-0.2, 0) is 9.59 Å². The number of quaternary nitrogens is 1. The summed E-state index contributed by atoms with van der Waals surface area (Å²) in [6, 6.07) is 0. The highest BCUT2D eigenvalue weighted by molar-refractivity contribution is 5.92. The van der Waals surface area contributed by atoms with Gasteiger partial charge in [-0.25, -0.2) is 0 Å². The molecule has 1 aliphatic heterocycles. The molecule has 7 heteroatoms. The average molecular weight is 234 g/mol. The molecule has 0 aliphatic carbocycles. The average Bonchev–Trinajstić information content (AvgIpc) is 2.11. The second-order valence-electron chi connectivity index (χ2n) is 4.49. The van der Waals surface area contributed by atoms with E-state index < -0.39 is 12.0 Å². The summed E-state index contributed by atoms with van der Waals surface area (Å²) in [7, 11) is 6.16. The van der Waals surface area contributed by atoms with Gasteiger partial charge in [-0.2, -0.15) is 0 Å². The molecule has 0 aromatic carbocycles. The fourth-order valence-electron chi connectivity index (χ4n) is 0.834. The van der Waals surface area contributed by atoms with Crippen LogP contribution >= 0.6 is 0 Å². The SMILES string of the molecule is C[N+](C)(C)CCO.O=C1CC(O)C(=O)NN1. The summed E-state index contributed by atoms with van der Waals surface area (Å²) in [5, 5.41) is 17.1. The third kappa shape index (κ3) is 7.16. The number of amides is 2. The van der Waals surface area contributed by atoms with Crippen molar-refractivity contribution in [3.8, 4) is 0 Å². The molecule has 0 aromatic rings. The van der Waals surface area contributed by atoms with Crippen LogP contribution in [0.25, 0.3) is 0 Å². The quantitative estimate of drug-likeness (QED) is 0.400. The van der Waals surface area contributed by atoms with Crippen molar-refractivity contribution < 1.29 is 24.3 Å². The van der Waals surface area contributed by atoms with Crippen LogP contribution in [-0.4, -0.2) is 66.9 Å². The van der Waals surface area contributed by atoms with Crippen LogP contribution in [0.4, 0.5) is 0 Å². The topological polar surface area (TPSA) is 98.7 Å². The monoisotopic (exact) mass is 234 g/mol. The molecule has 1 saturated heterocycles. The van der Waals surface area contributed by atoms with Gasteiger partial charge in [-0.3, -0.25) is 20.4 Å². The van der Waals surface area contributed by atoms with Crippen LogP contribution in [0.15, 0.2) is 0 Å². The van der Waals surface area contributed by atoms with Crippen molar-refractivity contribution in [2.24, 2.45) is 0 Å². The van der Waals surface area contributed by atoms with Gasteiger partial charge in [-0.15, -0.1) is 0 Å². The molecule has 16 heavy (non-hydrogen) atoms. The predicted octanol–water partition coefficient (Wildman–Crippen LogP) is -2.42. The number of aliphatic hydroxyl groups is 2. The fraction of sp³-hybridized carbons (Fsp3) is 0.778. The van der Waals surface area contributed by atoms with Crippen molar-refractivity contribution in [1.29, 1.82) is 0 Å². The zero-order valence-electron chi connectivity index (χ0n) is 9.86. The maximum absolute atomic E-state index is 10.4. The Morgan fingerprint density at radius 3 is 2.12 bits per heavy atom. The maximum Gasteiger partial charge on any atom is 0.267 e. The van der Waals surface area contributed by atoms with E-state index in [4.69, 9.17) is 10.2 Å². The first-order valence-corrected chi connectivity index (χ1v) is 4.94. The summed E-state index contributed by atoms with van der Waals surface area (Å²) in [4.78, 5) is 20.7. The minimum atomic E-state index is -1.18.